The molecule has 1 fully saturated rings. The van der Waals surface area contributed by atoms with Crippen molar-refractivity contribution in [1.29, 1.82) is 0 Å². The smallest absolute Gasteiger partial charge is 0.422 e. The van der Waals surface area contributed by atoms with Gasteiger partial charge in [-0.2, -0.15) is 13.2 Å². The van der Waals surface area contributed by atoms with Crippen LogP contribution in [-0.4, -0.2) is 75.6 Å². The molecule has 1 saturated heterocycles. The summed E-state index contributed by atoms with van der Waals surface area (Å²) >= 11 is 0. The van der Waals surface area contributed by atoms with Crippen LogP contribution < -0.4 is 20.3 Å². The summed E-state index contributed by atoms with van der Waals surface area (Å²) in [4.78, 5) is 25.2. The predicted molar refractivity (Wildman–Crippen MR) is 124 cm³/mol. The van der Waals surface area contributed by atoms with E-state index in [0.717, 1.165) is 11.5 Å². The number of carbonyl (C=O) groups is 1. The molecule has 2 heterocycles. The van der Waals surface area contributed by atoms with Crippen molar-refractivity contribution in [3.05, 3.63) is 36.0 Å². The number of pyridine rings is 1. The zero-order valence-corrected chi connectivity index (χ0v) is 19.5. The number of halogens is 3. The van der Waals surface area contributed by atoms with Gasteiger partial charge in [0.1, 0.15) is 17.1 Å². The highest BCUT2D eigenvalue weighted by Crippen LogP contribution is 2.41. The van der Waals surface area contributed by atoms with E-state index in [2.05, 4.69) is 15.6 Å². The quantitative estimate of drug-likeness (QED) is 0.531. The Bertz CT molecular complexity index is 981. The lowest BCUT2D eigenvalue weighted by Crippen LogP contribution is -2.45. The van der Waals surface area contributed by atoms with E-state index >= 15 is 0 Å². The van der Waals surface area contributed by atoms with Gasteiger partial charge in [0.05, 0.1) is 12.8 Å². The van der Waals surface area contributed by atoms with Crippen LogP contribution in [0.15, 0.2) is 30.5 Å². The molecule has 0 bridgehead atoms. The maximum atomic E-state index is 13.4. The second kappa shape index (κ2) is 11.4. The number of hydrogen-bond acceptors (Lipinski definition) is 7. The first kappa shape index (κ1) is 25.6. The van der Waals surface area contributed by atoms with Gasteiger partial charge in [-0.25, -0.2) is 10.0 Å². The largest absolute Gasteiger partial charge is 0.483 e. The summed E-state index contributed by atoms with van der Waals surface area (Å²) in [6, 6.07) is 6.47. The third-order valence-corrected chi connectivity index (χ3v) is 5.37. The van der Waals surface area contributed by atoms with Gasteiger partial charge < -0.3 is 20.3 Å². The number of piperazine rings is 1. The molecule has 1 amide bonds. The molecule has 1 aromatic carbocycles. The van der Waals surface area contributed by atoms with Crippen LogP contribution >= 0.6 is 0 Å². The van der Waals surface area contributed by atoms with Crippen molar-refractivity contribution in [2.75, 3.05) is 63.7 Å². The van der Waals surface area contributed by atoms with E-state index in [1.54, 1.807) is 24.4 Å². The van der Waals surface area contributed by atoms with E-state index in [9.17, 15) is 18.0 Å². The van der Waals surface area contributed by atoms with Crippen LogP contribution in [0.25, 0.3) is 11.1 Å². The fourth-order valence-electron chi connectivity index (χ4n) is 3.71. The van der Waals surface area contributed by atoms with Crippen molar-refractivity contribution in [3.63, 3.8) is 0 Å². The number of hydroxylamine groups is 2. The Morgan fingerprint density at radius 3 is 2.59 bits per heavy atom. The normalized spacial score (nSPS) is 14.1. The Labute approximate surface area is 197 Å². The lowest BCUT2D eigenvalue weighted by Gasteiger charge is -2.34. The second-order valence-corrected chi connectivity index (χ2v) is 7.79. The molecular formula is C23H30F3N5O3. The molecule has 2 aromatic rings. The summed E-state index contributed by atoms with van der Waals surface area (Å²) in [5.74, 6) is 0.0326. The predicted octanol–water partition coefficient (Wildman–Crippen LogP) is 3.55. The first-order valence-corrected chi connectivity index (χ1v) is 11.1. The Kier molecular flexibility index (Phi) is 8.56. The molecule has 0 atom stereocenters. The van der Waals surface area contributed by atoms with Gasteiger partial charge in [0.25, 0.3) is 5.91 Å². The number of nitrogens with one attached hydrogen (secondary N) is 2. The molecule has 1 aromatic heterocycles. The monoisotopic (exact) mass is 481 g/mol. The molecule has 11 heteroatoms. The zero-order valence-electron chi connectivity index (χ0n) is 19.5. The number of alkyl halides is 3. The van der Waals surface area contributed by atoms with Crippen LogP contribution in [-0.2, 0) is 4.84 Å². The molecule has 0 saturated carbocycles. The number of aromatic nitrogens is 1. The Morgan fingerprint density at radius 2 is 1.94 bits per heavy atom. The first-order chi connectivity index (χ1) is 16.3. The number of anilines is 2. The van der Waals surface area contributed by atoms with Crippen LogP contribution in [0.4, 0.5) is 24.7 Å². The highest BCUT2D eigenvalue weighted by Gasteiger charge is 2.31. The Balaban J connectivity index is 2.22. The molecule has 3 rings (SSSR count). The van der Waals surface area contributed by atoms with Crippen molar-refractivity contribution < 1.29 is 27.5 Å². The molecular weight excluding hydrogens is 451 g/mol. The minimum absolute atomic E-state index is 0.0609. The van der Waals surface area contributed by atoms with Crippen LogP contribution in [0.2, 0.25) is 0 Å². The molecule has 1 aliphatic rings. The number of nitrogens with zero attached hydrogens (tertiary/aromatic N) is 3. The van der Waals surface area contributed by atoms with Crippen molar-refractivity contribution in [2.45, 2.75) is 19.5 Å². The van der Waals surface area contributed by atoms with Crippen molar-refractivity contribution >= 4 is 17.4 Å². The van der Waals surface area contributed by atoms with Crippen molar-refractivity contribution in [3.8, 4) is 16.9 Å². The number of carbonyl (C=O) groups excluding carboxylic acids is 1. The lowest BCUT2D eigenvalue weighted by atomic mass is 9.99. The average Bonchev–Trinajstić information content (AvgIpc) is 2.85. The topological polar surface area (TPSA) is 79.0 Å². The zero-order chi connectivity index (χ0) is 24.7. The highest BCUT2D eigenvalue weighted by molar-refractivity contribution is 6.07. The van der Waals surface area contributed by atoms with Gasteiger partial charge >= 0.3 is 6.18 Å². The molecule has 34 heavy (non-hydrogen) atoms. The minimum Gasteiger partial charge on any atom is -0.483 e. The van der Waals surface area contributed by atoms with E-state index in [1.807, 2.05) is 11.8 Å². The molecule has 8 nitrogen and oxygen atoms in total. The van der Waals surface area contributed by atoms with Crippen LogP contribution in [0, 0.1) is 0 Å². The van der Waals surface area contributed by atoms with Crippen LogP contribution in [0.3, 0.4) is 0 Å². The molecule has 0 unspecified atom stereocenters. The number of rotatable bonds is 9. The van der Waals surface area contributed by atoms with Crippen LogP contribution in [0.1, 0.15) is 23.7 Å². The molecule has 1 aliphatic heterocycles. The van der Waals surface area contributed by atoms with Crippen LogP contribution in [0.5, 0.6) is 5.75 Å². The number of para-hydroxylation sites is 1. The van der Waals surface area contributed by atoms with Gasteiger partial charge in [-0.15, -0.1) is 0 Å². The first-order valence-electron chi connectivity index (χ1n) is 11.1. The van der Waals surface area contributed by atoms with Crippen molar-refractivity contribution in [1.82, 2.24) is 15.4 Å². The van der Waals surface area contributed by atoms with E-state index < -0.39 is 18.7 Å². The summed E-state index contributed by atoms with van der Waals surface area (Å²) in [5.41, 5.74) is 1.80. The van der Waals surface area contributed by atoms with Gasteiger partial charge in [0.15, 0.2) is 6.61 Å². The third-order valence-electron chi connectivity index (χ3n) is 5.37. The lowest BCUT2D eigenvalue weighted by molar-refractivity contribution is -0.153. The summed E-state index contributed by atoms with van der Waals surface area (Å²) in [6.45, 7) is 3.76. The SMILES string of the molecule is CCCNc1ncc(-c2ccccc2OCC(F)(F)F)c(N2CCNCC2)c1C(=O)N(C)OC. The average molecular weight is 482 g/mol. The summed E-state index contributed by atoms with van der Waals surface area (Å²) in [6.07, 6.45) is -2.09. The van der Waals surface area contributed by atoms with Gasteiger partial charge in [-0.1, -0.05) is 25.1 Å². The van der Waals surface area contributed by atoms with E-state index in [1.165, 1.54) is 20.2 Å². The Morgan fingerprint density at radius 1 is 1.24 bits per heavy atom. The fourth-order valence-corrected chi connectivity index (χ4v) is 3.71. The summed E-state index contributed by atoms with van der Waals surface area (Å²) < 4.78 is 43.8. The maximum Gasteiger partial charge on any atom is 0.422 e. The highest BCUT2D eigenvalue weighted by atomic mass is 19.4. The number of benzene rings is 1. The molecule has 0 spiro atoms. The maximum absolute atomic E-state index is 13.4. The standard InChI is InChI=1S/C23H30F3N5O3/c1-4-9-28-21-19(22(32)30(2)33-3)20(31-12-10-27-11-13-31)17(14-29-21)16-7-5-6-8-18(16)34-15-23(24,25)26/h5-8,14,27H,4,9-13,15H2,1-3H3,(H,28,29). The second-order valence-electron chi connectivity index (χ2n) is 7.79. The molecule has 2 N–H and O–H groups in total. The van der Waals surface area contributed by atoms with E-state index in [4.69, 9.17) is 9.57 Å². The van der Waals surface area contributed by atoms with Crippen molar-refractivity contribution in [2.24, 2.45) is 0 Å². The Hall–Kier alpha value is -3.05. The van der Waals surface area contributed by atoms with E-state index in [-0.39, 0.29) is 5.75 Å². The number of hydrogen-bond donors (Lipinski definition) is 2. The number of ether oxygens (including phenoxy) is 1. The van der Waals surface area contributed by atoms with Gasteiger partial charge in [-0.3, -0.25) is 9.63 Å². The molecule has 0 aliphatic carbocycles. The molecule has 186 valence electrons. The van der Waals surface area contributed by atoms with E-state index in [0.29, 0.717) is 60.9 Å². The van der Waals surface area contributed by atoms with Gasteiger partial charge in [0.2, 0.25) is 0 Å². The summed E-state index contributed by atoms with van der Waals surface area (Å²) in [7, 11) is 2.89. The fraction of sp³-hybridized carbons (Fsp3) is 0.478. The van der Waals surface area contributed by atoms with Gasteiger partial charge in [-0.05, 0) is 12.5 Å². The molecule has 0 radical (unpaired) electrons. The van der Waals surface area contributed by atoms with Gasteiger partial charge in [0, 0.05) is 57.1 Å². The number of amides is 1. The summed E-state index contributed by atoms with van der Waals surface area (Å²) in [5, 5.41) is 7.59. The third kappa shape index (κ3) is 6.09. The minimum atomic E-state index is -4.48.